The molecular weight excluding hydrogens is 456 g/mol. The topological polar surface area (TPSA) is 104 Å². The van der Waals surface area contributed by atoms with Gasteiger partial charge in [-0.15, -0.1) is 5.10 Å². The number of methoxy groups -OCH3 is 2. The molecule has 1 atom stereocenters. The maximum atomic E-state index is 12.8. The minimum absolute atomic E-state index is 0.148. The van der Waals surface area contributed by atoms with Crippen LogP contribution in [0, 0.1) is 6.92 Å². The number of nitrogens with one attached hydrogen (secondary N) is 1. The summed E-state index contributed by atoms with van der Waals surface area (Å²) in [6.45, 7) is 1.89. The highest BCUT2D eigenvalue weighted by molar-refractivity contribution is 6.30. The monoisotopic (exact) mass is 476 g/mol. The van der Waals surface area contributed by atoms with E-state index in [2.05, 4.69) is 25.6 Å². The molecule has 5 rings (SSSR count). The van der Waals surface area contributed by atoms with E-state index >= 15 is 0 Å². The van der Waals surface area contributed by atoms with Gasteiger partial charge in [-0.1, -0.05) is 35.9 Å². The molecule has 34 heavy (non-hydrogen) atoms. The molecule has 0 saturated carbocycles. The Labute approximate surface area is 200 Å². The Bertz CT molecular complexity index is 1390. The molecule has 0 spiro atoms. The summed E-state index contributed by atoms with van der Waals surface area (Å²) < 4.78 is 12.6. The molecule has 10 heteroatoms. The van der Waals surface area contributed by atoms with Gasteiger partial charge < -0.3 is 14.8 Å². The van der Waals surface area contributed by atoms with E-state index in [9.17, 15) is 4.79 Å². The summed E-state index contributed by atoms with van der Waals surface area (Å²) >= 11 is 6.01. The lowest BCUT2D eigenvalue weighted by atomic mass is 9.85. The number of hydrogen-bond donors (Lipinski definition) is 1. The first-order chi connectivity index (χ1) is 16.5. The van der Waals surface area contributed by atoms with E-state index in [1.54, 1.807) is 32.5 Å². The van der Waals surface area contributed by atoms with Crippen LogP contribution in [0.25, 0.3) is 17.2 Å². The summed E-state index contributed by atoms with van der Waals surface area (Å²) in [4.78, 5) is 17.4. The number of halogens is 1. The van der Waals surface area contributed by atoms with E-state index in [0.717, 1.165) is 22.4 Å². The first kappa shape index (κ1) is 21.8. The molecule has 1 N–H and O–H groups in total. The molecule has 1 aliphatic rings. The Morgan fingerprint density at radius 3 is 2.65 bits per heavy atom. The van der Waals surface area contributed by atoms with Crippen molar-refractivity contribution in [1.82, 2.24) is 25.0 Å². The number of benzene rings is 2. The van der Waals surface area contributed by atoms with Crippen LogP contribution < -0.4 is 14.8 Å². The SMILES string of the molecule is COc1cccc([C@@H]2CC(=O)Nc3c2c(C)nn3-c2nncc(-c3ccc(Cl)cc3)n2)c1OC. The van der Waals surface area contributed by atoms with Gasteiger partial charge in [0.25, 0.3) is 5.95 Å². The molecule has 0 saturated heterocycles. The lowest BCUT2D eigenvalue weighted by Gasteiger charge is -2.26. The van der Waals surface area contributed by atoms with Gasteiger partial charge in [-0.25, -0.2) is 4.98 Å². The van der Waals surface area contributed by atoms with Crippen LogP contribution in [0.1, 0.15) is 29.2 Å². The van der Waals surface area contributed by atoms with Crippen LogP contribution in [0.5, 0.6) is 11.5 Å². The van der Waals surface area contributed by atoms with Crippen molar-refractivity contribution in [1.29, 1.82) is 0 Å². The zero-order valence-electron chi connectivity index (χ0n) is 18.7. The minimum Gasteiger partial charge on any atom is -0.493 e. The Balaban J connectivity index is 1.63. The number of nitrogens with zero attached hydrogens (tertiary/aromatic N) is 5. The van der Waals surface area contributed by atoms with Crippen molar-refractivity contribution in [2.75, 3.05) is 19.5 Å². The predicted octanol–water partition coefficient (Wildman–Crippen LogP) is 4.18. The Morgan fingerprint density at radius 2 is 1.91 bits per heavy atom. The average molecular weight is 477 g/mol. The average Bonchev–Trinajstić information content (AvgIpc) is 3.19. The van der Waals surface area contributed by atoms with Gasteiger partial charge >= 0.3 is 0 Å². The highest BCUT2D eigenvalue weighted by Gasteiger charge is 2.35. The fraction of sp³-hybridized carbons (Fsp3) is 0.208. The van der Waals surface area contributed by atoms with Gasteiger partial charge in [0.1, 0.15) is 5.82 Å². The summed E-state index contributed by atoms with van der Waals surface area (Å²) in [5.41, 5.74) is 3.89. The van der Waals surface area contributed by atoms with Crippen LogP contribution >= 0.6 is 11.6 Å². The number of amides is 1. The van der Waals surface area contributed by atoms with Gasteiger partial charge in [0.2, 0.25) is 5.91 Å². The molecule has 4 aromatic rings. The van der Waals surface area contributed by atoms with Gasteiger partial charge in [-0.2, -0.15) is 14.9 Å². The van der Waals surface area contributed by atoms with Crippen LogP contribution in [0.2, 0.25) is 5.02 Å². The molecule has 1 amide bonds. The van der Waals surface area contributed by atoms with Crippen molar-refractivity contribution in [3.05, 3.63) is 70.5 Å². The second-order valence-corrected chi connectivity index (χ2v) is 8.23. The third kappa shape index (κ3) is 3.73. The standard InChI is InChI=1S/C24H21ClN6O3/c1-13-21-17(16-5-4-6-19(33-2)22(16)34-3)11-20(32)28-23(21)31(30-13)24-27-18(12-26-29-24)14-7-9-15(25)10-8-14/h4-10,12,17H,11H2,1-3H3,(H,28,32)/t17-/m0/s1. The number of rotatable bonds is 5. The molecule has 0 unspecified atom stereocenters. The minimum atomic E-state index is -0.282. The molecule has 0 fully saturated rings. The molecule has 172 valence electrons. The Hall–Kier alpha value is -3.98. The number of aromatic nitrogens is 5. The molecule has 2 aromatic heterocycles. The maximum Gasteiger partial charge on any atom is 0.272 e. The number of fused-ring (bicyclic) bond motifs is 1. The number of hydrogen-bond acceptors (Lipinski definition) is 7. The van der Waals surface area contributed by atoms with Crippen molar-refractivity contribution >= 4 is 23.3 Å². The summed E-state index contributed by atoms with van der Waals surface area (Å²) in [7, 11) is 3.17. The molecule has 3 heterocycles. The van der Waals surface area contributed by atoms with Crippen molar-refractivity contribution in [3.63, 3.8) is 0 Å². The van der Waals surface area contributed by atoms with Gasteiger partial charge in [0.15, 0.2) is 11.5 Å². The predicted molar refractivity (Wildman–Crippen MR) is 127 cm³/mol. The van der Waals surface area contributed by atoms with Crippen LogP contribution in [0.4, 0.5) is 5.82 Å². The lowest BCUT2D eigenvalue weighted by molar-refractivity contribution is -0.116. The van der Waals surface area contributed by atoms with Crippen molar-refractivity contribution < 1.29 is 14.3 Å². The van der Waals surface area contributed by atoms with Crippen LogP contribution in [-0.4, -0.2) is 45.1 Å². The third-order valence-corrected chi connectivity index (χ3v) is 6.04. The van der Waals surface area contributed by atoms with Crippen molar-refractivity contribution in [2.45, 2.75) is 19.3 Å². The van der Waals surface area contributed by atoms with Gasteiger partial charge in [-0.3, -0.25) is 4.79 Å². The molecule has 2 aromatic carbocycles. The van der Waals surface area contributed by atoms with Crippen molar-refractivity contribution in [2.24, 2.45) is 0 Å². The Morgan fingerprint density at radius 1 is 1.12 bits per heavy atom. The number of carbonyl (C=O) groups excluding carboxylic acids is 1. The van der Waals surface area contributed by atoms with Crippen LogP contribution in [-0.2, 0) is 4.79 Å². The van der Waals surface area contributed by atoms with Gasteiger partial charge in [0, 0.05) is 34.1 Å². The summed E-state index contributed by atoms with van der Waals surface area (Å²) in [6, 6.07) is 12.9. The number of anilines is 1. The zero-order valence-corrected chi connectivity index (χ0v) is 19.5. The Kier molecular flexibility index (Phi) is 5.62. The number of carbonyl (C=O) groups is 1. The molecule has 0 radical (unpaired) electrons. The second-order valence-electron chi connectivity index (χ2n) is 7.80. The molecule has 0 bridgehead atoms. The van der Waals surface area contributed by atoms with E-state index in [1.165, 1.54) is 4.68 Å². The van der Waals surface area contributed by atoms with Crippen LogP contribution in [0.3, 0.4) is 0 Å². The molecule has 1 aliphatic heterocycles. The normalized spacial score (nSPS) is 14.9. The largest absolute Gasteiger partial charge is 0.493 e. The highest BCUT2D eigenvalue weighted by atomic mass is 35.5. The van der Waals surface area contributed by atoms with E-state index in [1.807, 2.05) is 37.3 Å². The second kappa shape index (κ2) is 8.75. The van der Waals surface area contributed by atoms with Crippen LogP contribution in [0.15, 0.2) is 48.7 Å². The first-order valence-corrected chi connectivity index (χ1v) is 10.9. The molecule has 9 nitrogen and oxygen atoms in total. The lowest BCUT2D eigenvalue weighted by Crippen LogP contribution is -2.25. The summed E-state index contributed by atoms with van der Waals surface area (Å²) in [5.74, 6) is 1.51. The molecular formula is C24H21ClN6O3. The number of para-hydroxylation sites is 1. The van der Waals surface area contributed by atoms with E-state index in [0.29, 0.717) is 28.0 Å². The van der Waals surface area contributed by atoms with E-state index < -0.39 is 0 Å². The number of ether oxygens (including phenoxy) is 2. The van der Waals surface area contributed by atoms with E-state index in [-0.39, 0.29) is 24.2 Å². The highest BCUT2D eigenvalue weighted by Crippen LogP contribution is 2.45. The van der Waals surface area contributed by atoms with Gasteiger partial charge in [0.05, 0.1) is 31.8 Å². The smallest absolute Gasteiger partial charge is 0.272 e. The van der Waals surface area contributed by atoms with E-state index in [4.69, 9.17) is 21.1 Å². The summed E-state index contributed by atoms with van der Waals surface area (Å²) in [5, 5.41) is 16.5. The van der Waals surface area contributed by atoms with Gasteiger partial charge in [-0.05, 0) is 25.1 Å². The van der Waals surface area contributed by atoms with Crippen molar-refractivity contribution in [3.8, 4) is 28.7 Å². The third-order valence-electron chi connectivity index (χ3n) is 5.79. The summed E-state index contributed by atoms with van der Waals surface area (Å²) in [6.07, 6.45) is 1.81. The fourth-order valence-corrected chi connectivity index (χ4v) is 4.41. The first-order valence-electron chi connectivity index (χ1n) is 10.6. The zero-order chi connectivity index (χ0) is 23.8. The molecule has 0 aliphatic carbocycles. The number of aryl methyl sites for hydroxylation is 1. The maximum absolute atomic E-state index is 12.8. The quantitative estimate of drug-likeness (QED) is 0.460. The fourth-order valence-electron chi connectivity index (χ4n) is 4.29.